The molecule has 0 spiro atoms. The Kier molecular flexibility index (Phi) is 3.12. The molecule has 0 radical (unpaired) electrons. The first-order valence-electron chi connectivity index (χ1n) is 4.94. The second kappa shape index (κ2) is 4.55. The number of ketones is 1. The highest BCUT2D eigenvalue weighted by Crippen LogP contribution is 2.20. The zero-order valence-corrected chi connectivity index (χ0v) is 9.70. The number of hydrogen-bond acceptors (Lipinski definition) is 4. The maximum atomic E-state index is 12.0. The number of nitrogens with two attached hydrogens (primary N) is 1. The van der Waals surface area contributed by atoms with Gasteiger partial charge in [0.15, 0.2) is 5.78 Å². The average molecular weight is 232 g/mol. The van der Waals surface area contributed by atoms with Crippen molar-refractivity contribution in [3.05, 3.63) is 52.0 Å². The molecule has 2 aromatic rings. The van der Waals surface area contributed by atoms with Gasteiger partial charge >= 0.3 is 0 Å². The van der Waals surface area contributed by atoms with E-state index in [-0.39, 0.29) is 5.78 Å². The van der Waals surface area contributed by atoms with Gasteiger partial charge in [-0.1, -0.05) is 6.07 Å². The summed E-state index contributed by atoms with van der Waals surface area (Å²) in [5.41, 5.74) is 7.34. The molecular weight excluding hydrogens is 220 g/mol. The monoisotopic (exact) mass is 232 g/mol. The Bertz CT molecular complexity index is 476. The third kappa shape index (κ3) is 2.18. The van der Waals surface area contributed by atoms with E-state index < -0.39 is 6.04 Å². The lowest BCUT2D eigenvalue weighted by molar-refractivity contribution is 0.0962. The molecule has 0 saturated heterocycles. The van der Waals surface area contributed by atoms with E-state index in [1.165, 1.54) is 11.3 Å². The molecule has 0 aliphatic rings. The number of aryl methyl sites for hydroxylation is 1. The summed E-state index contributed by atoms with van der Waals surface area (Å²) in [5, 5.41) is 1.91. The molecule has 16 heavy (non-hydrogen) atoms. The van der Waals surface area contributed by atoms with E-state index in [0.29, 0.717) is 5.56 Å². The van der Waals surface area contributed by atoms with Crippen molar-refractivity contribution in [1.82, 2.24) is 4.98 Å². The van der Waals surface area contributed by atoms with Crippen LogP contribution in [0.15, 0.2) is 35.8 Å². The van der Waals surface area contributed by atoms with E-state index in [0.717, 1.165) is 10.6 Å². The van der Waals surface area contributed by atoms with Gasteiger partial charge in [0.25, 0.3) is 0 Å². The molecule has 4 heteroatoms. The molecule has 1 atom stereocenters. The minimum Gasteiger partial charge on any atom is -0.317 e. The van der Waals surface area contributed by atoms with E-state index in [1.54, 1.807) is 12.3 Å². The van der Waals surface area contributed by atoms with Crippen LogP contribution in [-0.2, 0) is 0 Å². The van der Waals surface area contributed by atoms with Gasteiger partial charge in [0, 0.05) is 22.3 Å². The lowest BCUT2D eigenvalue weighted by Crippen LogP contribution is -2.20. The largest absolute Gasteiger partial charge is 0.317 e. The SMILES string of the molecule is Cc1ccc(C(=O)C(N)c2cccs2)cn1. The molecule has 2 heterocycles. The summed E-state index contributed by atoms with van der Waals surface area (Å²) in [6, 6.07) is 6.76. The molecule has 3 nitrogen and oxygen atoms in total. The van der Waals surface area contributed by atoms with Gasteiger partial charge < -0.3 is 5.73 Å². The van der Waals surface area contributed by atoms with Crippen molar-refractivity contribution in [2.24, 2.45) is 5.73 Å². The van der Waals surface area contributed by atoms with E-state index in [9.17, 15) is 4.79 Å². The number of carbonyl (C=O) groups excluding carboxylic acids is 1. The van der Waals surface area contributed by atoms with Gasteiger partial charge in [0.05, 0.1) is 0 Å². The summed E-state index contributed by atoms with van der Waals surface area (Å²) in [6.45, 7) is 1.88. The molecular formula is C12H12N2OS. The van der Waals surface area contributed by atoms with Crippen molar-refractivity contribution in [3.63, 3.8) is 0 Å². The van der Waals surface area contributed by atoms with Gasteiger partial charge in [-0.05, 0) is 30.5 Å². The fourth-order valence-corrected chi connectivity index (χ4v) is 2.12. The minimum absolute atomic E-state index is 0.0880. The van der Waals surface area contributed by atoms with Gasteiger partial charge in [0.2, 0.25) is 0 Å². The van der Waals surface area contributed by atoms with E-state index in [2.05, 4.69) is 4.98 Å². The summed E-state index contributed by atoms with van der Waals surface area (Å²) in [7, 11) is 0. The Balaban J connectivity index is 2.22. The van der Waals surface area contributed by atoms with Crippen LogP contribution in [0.3, 0.4) is 0 Å². The third-order valence-electron chi connectivity index (χ3n) is 2.33. The van der Waals surface area contributed by atoms with Crippen LogP contribution >= 0.6 is 11.3 Å². The van der Waals surface area contributed by atoms with Crippen LogP contribution in [0.2, 0.25) is 0 Å². The maximum absolute atomic E-state index is 12.0. The van der Waals surface area contributed by atoms with Crippen LogP contribution in [0, 0.1) is 6.92 Å². The van der Waals surface area contributed by atoms with Crippen molar-refractivity contribution in [2.45, 2.75) is 13.0 Å². The van der Waals surface area contributed by atoms with Crippen LogP contribution in [0.4, 0.5) is 0 Å². The highest BCUT2D eigenvalue weighted by atomic mass is 32.1. The van der Waals surface area contributed by atoms with Crippen molar-refractivity contribution < 1.29 is 4.79 Å². The van der Waals surface area contributed by atoms with Gasteiger partial charge in [0.1, 0.15) is 6.04 Å². The van der Waals surface area contributed by atoms with Crippen LogP contribution < -0.4 is 5.73 Å². The molecule has 2 aromatic heterocycles. The third-order valence-corrected chi connectivity index (χ3v) is 3.28. The van der Waals surface area contributed by atoms with Gasteiger partial charge in [-0.3, -0.25) is 9.78 Å². The van der Waals surface area contributed by atoms with Crippen LogP contribution in [-0.4, -0.2) is 10.8 Å². The van der Waals surface area contributed by atoms with Gasteiger partial charge in [-0.2, -0.15) is 0 Å². The molecule has 0 bridgehead atoms. The number of thiophene rings is 1. The highest BCUT2D eigenvalue weighted by Gasteiger charge is 2.18. The Hall–Kier alpha value is -1.52. The maximum Gasteiger partial charge on any atom is 0.186 e. The number of hydrogen-bond donors (Lipinski definition) is 1. The molecule has 0 amide bonds. The highest BCUT2D eigenvalue weighted by molar-refractivity contribution is 7.10. The van der Waals surface area contributed by atoms with Gasteiger partial charge in [-0.25, -0.2) is 0 Å². The lowest BCUT2D eigenvalue weighted by Gasteiger charge is -2.08. The standard InChI is InChI=1S/C12H12N2OS/c1-8-4-5-9(7-14-8)12(15)11(13)10-3-2-6-16-10/h2-7,11H,13H2,1H3. The fraction of sp³-hybridized carbons (Fsp3) is 0.167. The number of rotatable bonds is 3. The molecule has 2 rings (SSSR count). The number of carbonyl (C=O) groups is 1. The second-order valence-electron chi connectivity index (χ2n) is 3.55. The first-order chi connectivity index (χ1) is 7.68. The Morgan fingerprint density at radius 2 is 2.25 bits per heavy atom. The number of nitrogens with zero attached hydrogens (tertiary/aromatic N) is 1. The molecule has 0 fully saturated rings. The molecule has 1 unspecified atom stereocenters. The van der Waals surface area contributed by atoms with E-state index in [1.807, 2.05) is 30.5 Å². The average Bonchev–Trinajstić information content (AvgIpc) is 2.81. The molecule has 82 valence electrons. The summed E-state index contributed by atoms with van der Waals surface area (Å²) >= 11 is 1.49. The molecule has 0 aliphatic heterocycles. The van der Waals surface area contributed by atoms with Crippen molar-refractivity contribution in [2.75, 3.05) is 0 Å². The van der Waals surface area contributed by atoms with Crippen LogP contribution in [0.25, 0.3) is 0 Å². The number of aromatic nitrogens is 1. The van der Waals surface area contributed by atoms with E-state index >= 15 is 0 Å². The van der Waals surface area contributed by atoms with Gasteiger partial charge in [-0.15, -0.1) is 11.3 Å². The van der Waals surface area contributed by atoms with Crippen LogP contribution in [0.5, 0.6) is 0 Å². The quantitative estimate of drug-likeness (QED) is 0.826. The topological polar surface area (TPSA) is 56.0 Å². The number of Topliss-reactive ketones (excluding diaryl/α,β-unsaturated/α-hetero) is 1. The Morgan fingerprint density at radius 1 is 1.44 bits per heavy atom. The fourth-order valence-electron chi connectivity index (χ4n) is 1.39. The second-order valence-corrected chi connectivity index (χ2v) is 4.52. The Labute approximate surface area is 97.9 Å². The minimum atomic E-state index is -0.579. The summed E-state index contributed by atoms with van der Waals surface area (Å²) in [5.74, 6) is -0.0880. The zero-order valence-electron chi connectivity index (χ0n) is 8.88. The summed E-state index contributed by atoms with van der Waals surface area (Å²) < 4.78 is 0. The number of pyridine rings is 1. The van der Waals surface area contributed by atoms with E-state index in [4.69, 9.17) is 5.73 Å². The summed E-state index contributed by atoms with van der Waals surface area (Å²) in [4.78, 5) is 17.0. The first kappa shape index (κ1) is 11.0. The van der Waals surface area contributed by atoms with Crippen molar-refractivity contribution >= 4 is 17.1 Å². The summed E-state index contributed by atoms with van der Waals surface area (Å²) in [6.07, 6.45) is 1.57. The predicted octanol–water partition coefficient (Wildman–Crippen LogP) is 2.33. The van der Waals surface area contributed by atoms with Crippen LogP contribution in [0.1, 0.15) is 27.0 Å². The zero-order chi connectivity index (χ0) is 11.5. The normalized spacial score (nSPS) is 12.4. The van der Waals surface area contributed by atoms with Crippen molar-refractivity contribution in [3.8, 4) is 0 Å². The smallest absolute Gasteiger partial charge is 0.186 e. The molecule has 0 aromatic carbocycles. The molecule has 0 aliphatic carbocycles. The van der Waals surface area contributed by atoms with Crippen molar-refractivity contribution in [1.29, 1.82) is 0 Å². The first-order valence-corrected chi connectivity index (χ1v) is 5.82. The molecule has 2 N–H and O–H groups in total. The Morgan fingerprint density at radius 3 is 2.81 bits per heavy atom. The lowest BCUT2D eigenvalue weighted by atomic mass is 10.1. The molecule has 0 saturated carbocycles. The predicted molar refractivity (Wildman–Crippen MR) is 64.6 cm³/mol.